The van der Waals surface area contributed by atoms with Crippen molar-refractivity contribution < 1.29 is 0 Å². The number of anilines is 1. The lowest BCUT2D eigenvalue weighted by atomic mass is 10.2. The van der Waals surface area contributed by atoms with Crippen molar-refractivity contribution >= 4 is 44.3 Å². The molecule has 1 heterocycles. The number of hydrogen-bond donors (Lipinski definition) is 1. The van der Waals surface area contributed by atoms with E-state index in [4.69, 9.17) is 21.6 Å². The molecule has 2 aromatic carbocycles. The average Bonchev–Trinajstić information content (AvgIpc) is 2.67. The topological polar surface area (TPSA) is 41.0 Å². The average molecular weight is 448 g/mol. The zero-order chi connectivity index (χ0) is 19.2. The van der Waals surface area contributed by atoms with Crippen molar-refractivity contribution in [2.24, 2.45) is 0 Å². The summed E-state index contributed by atoms with van der Waals surface area (Å²) >= 11 is 9.72. The van der Waals surface area contributed by atoms with Crippen LogP contribution in [0.4, 0.5) is 5.82 Å². The molecule has 0 aliphatic rings. The molecule has 0 unspecified atom stereocenters. The van der Waals surface area contributed by atoms with Crippen LogP contribution in [0.25, 0.3) is 22.3 Å². The van der Waals surface area contributed by atoms with Crippen LogP contribution in [0.3, 0.4) is 0 Å². The first-order valence-electron chi connectivity index (χ1n) is 9.30. The molecule has 0 bridgehead atoms. The Morgan fingerprint density at radius 2 is 1.89 bits per heavy atom. The zero-order valence-corrected chi connectivity index (χ0v) is 18.0. The Balaban J connectivity index is 1.88. The van der Waals surface area contributed by atoms with E-state index in [2.05, 4.69) is 40.0 Å². The summed E-state index contributed by atoms with van der Waals surface area (Å²) in [7, 11) is 0. The molecule has 0 atom stereocenters. The number of halogens is 2. The molecule has 0 aliphatic heterocycles. The standard InChI is InChI=1S/C21H24BrClN4/c1-3-27(4-2)12-6-11-24-21-18-10-9-17(23)14-19(18)25-20(26-21)15-7-5-8-16(22)13-15/h5,7-10,13-14H,3-4,6,11-12H2,1-2H3,(H,24,25,26). The van der Waals surface area contributed by atoms with Gasteiger partial charge in [-0.2, -0.15) is 0 Å². The minimum Gasteiger partial charge on any atom is -0.369 e. The van der Waals surface area contributed by atoms with Gasteiger partial charge in [0, 0.05) is 27.0 Å². The van der Waals surface area contributed by atoms with Crippen LogP contribution in [0.1, 0.15) is 20.3 Å². The Morgan fingerprint density at radius 1 is 1.07 bits per heavy atom. The molecule has 142 valence electrons. The van der Waals surface area contributed by atoms with Crippen molar-refractivity contribution in [3.8, 4) is 11.4 Å². The molecule has 0 aliphatic carbocycles. The van der Waals surface area contributed by atoms with Gasteiger partial charge < -0.3 is 10.2 Å². The number of rotatable bonds is 8. The first-order valence-corrected chi connectivity index (χ1v) is 10.5. The van der Waals surface area contributed by atoms with E-state index < -0.39 is 0 Å². The van der Waals surface area contributed by atoms with Crippen molar-refractivity contribution in [1.82, 2.24) is 14.9 Å². The first kappa shape index (κ1) is 20.1. The van der Waals surface area contributed by atoms with Gasteiger partial charge in [-0.1, -0.05) is 53.5 Å². The van der Waals surface area contributed by atoms with E-state index in [9.17, 15) is 0 Å². The summed E-state index contributed by atoms with van der Waals surface area (Å²) in [6.07, 6.45) is 1.06. The normalized spacial score (nSPS) is 11.3. The van der Waals surface area contributed by atoms with Gasteiger partial charge in [0.2, 0.25) is 0 Å². The van der Waals surface area contributed by atoms with Gasteiger partial charge >= 0.3 is 0 Å². The molecule has 27 heavy (non-hydrogen) atoms. The Labute approximate surface area is 174 Å². The van der Waals surface area contributed by atoms with Crippen LogP contribution in [0.15, 0.2) is 46.9 Å². The van der Waals surface area contributed by atoms with Crippen molar-refractivity contribution in [3.05, 3.63) is 52.0 Å². The number of benzene rings is 2. The summed E-state index contributed by atoms with van der Waals surface area (Å²) in [6.45, 7) is 8.50. The lowest BCUT2D eigenvalue weighted by Crippen LogP contribution is -2.25. The van der Waals surface area contributed by atoms with Crippen molar-refractivity contribution in [2.75, 3.05) is 31.5 Å². The molecule has 1 aromatic heterocycles. The van der Waals surface area contributed by atoms with Crippen LogP contribution >= 0.6 is 27.5 Å². The molecule has 0 saturated carbocycles. The number of fused-ring (bicyclic) bond motifs is 1. The Morgan fingerprint density at radius 3 is 2.63 bits per heavy atom. The first-order chi connectivity index (χ1) is 13.1. The summed E-state index contributed by atoms with van der Waals surface area (Å²) < 4.78 is 1.00. The second-order valence-corrected chi connectivity index (χ2v) is 7.73. The molecule has 4 nitrogen and oxygen atoms in total. The van der Waals surface area contributed by atoms with Gasteiger partial charge in [0.05, 0.1) is 5.52 Å². The molecule has 0 saturated heterocycles. The van der Waals surface area contributed by atoms with Gasteiger partial charge in [-0.05, 0) is 56.4 Å². The number of nitrogens with one attached hydrogen (secondary N) is 1. The van der Waals surface area contributed by atoms with Crippen LogP contribution in [0.5, 0.6) is 0 Å². The maximum Gasteiger partial charge on any atom is 0.162 e. The van der Waals surface area contributed by atoms with E-state index in [1.54, 1.807) is 0 Å². The maximum atomic E-state index is 6.19. The SMILES string of the molecule is CCN(CC)CCCNc1nc(-c2cccc(Br)c2)nc2cc(Cl)ccc12. The predicted octanol–water partition coefficient (Wildman–Crippen LogP) is 5.86. The van der Waals surface area contributed by atoms with Gasteiger partial charge in [-0.15, -0.1) is 0 Å². The summed E-state index contributed by atoms with van der Waals surface area (Å²) in [5.74, 6) is 1.54. The lowest BCUT2D eigenvalue weighted by molar-refractivity contribution is 0.303. The summed E-state index contributed by atoms with van der Waals surface area (Å²) in [5, 5.41) is 5.16. The van der Waals surface area contributed by atoms with Crippen molar-refractivity contribution in [3.63, 3.8) is 0 Å². The maximum absolute atomic E-state index is 6.19. The smallest absolute Gasteiger partial charge is 0.162 e. The fourth-order valence-corrected chi connectivity index (χ4v) is 3.61. The summed E-state index contributed by atoms with van der Waals surface area (Å²) in [4.78, 5) is 11.9. The van der Waals surface area contributed by atoms with E-state index >= 15 is 0 Å². The Hall–Kier alpha value is -1.69. The minimum absolute atomic E-state index is 0.675. The van der Waals surface area contributed by atoms with Gasteiger partial charge in [0.15, 0.2) is 5.82 Å². The van der Waals surface area contributed by atoms with Crippen LogP contribution < -0.4 is 5.32 Å². The number of nitrogens with zero attached hydrogens (tertiary/aromatic N) is 3. The van der Waals surface area contributed by atoms with Gasteiger partial charge in [-0.25, -0.2) is 9.97 Å². The summed E-state index contributed by atoms with van der Waals surface area (Å²) in [5.41, 5.74) is 1.82. The Bertz CT molecular complexity index is 912. The van der Waals surface area contributed by atoms with Gasteiger partial charge in [0.25, 0.3) is 0 Å². The molecule has 6 heteroatoms. The Kier molecular flexibility index (Phi) is 7.05. The van der Waals surface area contributed by atoms with Gasteiger partial charge in [-0.3, -0.25) is 0 Å². The second-order valence-electron chi connectivity index (χ2n) is 6.37. The molecule has 0 radical (unpaired) electrons. The molecular formula is C21H24BrClN4. The molecule has 3 rings (SSSR count). The van der Waals surface area contributed by atoms with Crippen LogP contribution in [0, 0.1) is 0 Å². The molecular weight excluding hydrogens is 424 g/mol. The highest BCUT2D eigenvalue weighted by Gasteiger charge is 2.10. The number of aromatic nitrogens is 2. The zero-order valence-electron chi connectivity index (χ0n) is 15.7. The largest absolute Gasteiger partial charge is 0.369 e. The third kappa shape index (κ3) is 5.18. The van der Waals surface area contributed by atoms with Crippen molar-refractivity contribution in [1.29, 1.82) is 0 Å². The summed E-state index contributed by atoms with van der Waals surface area (Å²) in [6, 6.07) is 13.8. The highest BCUT2D eigenvalue weighted by atomic mass is 79.9. The monoisotopic (exact) mass is 446 g/mol. The van der Waals surface area contributed by atoms with Crippen LogP contribution in [-0.4, -0.2) is 41.0 Å². The third-order valence-corrected chi connectivity index (χ3v) is 5.31. The fraction of sp³-hybridized carbons (Fsp3) is 0.333. The highest BCUT2D eigenvalue weighted by molar-refractivity contribution is 9.10. The lowest BCUT2D eigenvalue weighted by Gasteiger charge is -2.18. The van der Waals surface area contributed by atoms with Crippen LogP contribution in [0.2, 0.25) is 5.02 Å². The van der Waals surface area contributed by atoms with E-state index in [-0.39, 0.29) is 0 Å². The van der Waals surface area contributed by atoms with Crippen molar-refractivity contribution in [2.45, 2.75) is 20.3 Å². The van der Waals surface area contributed by atoms with E-state index in [1.165, 1.54) is 0 Å². The third-order valence-electron chi connectivity index (χ3n) is 4.58. The quantitative estimate of drug-likeness (QED) is 0.439. The van der Waals surface area contributed by atoms with E-state index in [0.29, 0.717) is 10.8 Å². The van der Waals surface area contributed by atoms with E-state index in [1.807, 2.05) is 42.5 Å². The second kappa shape index (κ2) is 9.49. The molecule has 0 spiro atoms. The fourth-order valence-electron chi connectivity index (χ4n) is 3.04. The highest BCUT2D eigenvalue weighted by Crippen LogP contribution is 2.28. The minimum atomic E-state index is 0.675. The molecule has 3 aromatic rings. The number of hydrogen-bond acceptors (Lipinski definition) is 4. The van der Waals surface area contributed by atoms with E-state index in [0.717, 1.165) is 59.4 Å². The van der Waals surface area contributed by atoms with Crippen LogP contribution in [-0.2, 0) is 0 Å². The molecule has 0 amide bonds. The van der Waals surface area contributed by atoms with Gasteiger partial charge in [0.1, 0.15) is 5.82 Å². The predicted molar refractivity (Wildman–Crippen MR) is 119 cm³/mol. The molecule has 0 fully saturated rings. The molecule has 1 N–H and O–H groups in total.